The Bertz CT molecular complexity index is 949. The van der Waals surface area contributed by atoms with Crippen molar-refractivity contribution >= 4 is 22.6 Å². The number of H-pyrrole nitrogens is 1. The minimum atomic E-state index is -0.384. The molecular formula is C16H15N7O. The molecule has 1 aliphatic heterocycles. The SMILES string of the molecule is CNCCC1=Nc2[nH]ncc2C(c2cccc3nonc23)C1C#N. The van der Waals surface area contributed by atoms with Gasteiger partial charge in [0.2, 0.25) is 0 Å². The largest absolute Gasteiger partial charge is 0.319 e. The number of aliphatic imine (C=N–C) groups is 1. The van der Waals surface area contributed by atoms with Gasteiger partial charge in [0.25, 0.3) is 0 Å². The standard InChI is InChI=1S/C16H15N7O/c1-18-6-5-12-10(7-17)14(11-8-19-21-16(11)20-12)9-3-2-4-13-15(9)23-24-22-13/h2-4,8,10,14,18H,5-6H2,1H3,(H,19,21). The highest BCUT2D eigenvalue weighted by Crippen LogP contribution is 2.43. The fourth-order valence-corrected chi connectivity index (χ4v) is 3.23. The molecule has 8 nitrogen and oxygen atoms in total. The van der Waals surface area contributed by atoms with Crippen LogP contribution in [0, 0.1) is 17.2 Å². The van der Waals surface area contributed by atoms with E-state index in [1.165, 1.54) is 0 Å². The number of rotatable bonds is 4. The number of hydrogen-bond acceptors (Lipinski definition) is 7. The molecule has 3 heterocycles. The van der Waals surface area contributed by atoms with Crippen LogP contribution in [-0.2, 0) is 0 Å². The summed E-state index contributed by atoms with van der Waals surface area (Å²) in [7, 11) is 1.88. The second kappa shape index (κ2) is 5.86. The molecule has 2 atom stereocenters. The number of nitrogens with zero attached hydrogens (tertiary/aromatic N) is 5. The lowest BCUT2D eigenvalue weighted by Gasteiger charge is -2.27. The highest BCUT2D eigenvalue weighted by Gasteiger charge is 2.37. The van der Waals surface area contributed by atoms with E-state index in [9.17, 15) is 5.26 Å². The lowest BCUT2D eigenvalue weighted by molar-refractivity contribution is 0.315. The van der Waals surface area contributed by atoms with E-state index in [2.05, 4.69) is 36.9 Å². The molecular weight excluding hydrogens is 306 g/mol. The Morgan fingerprint density at radius 3 is 3.08 bits per heavy atom. The third kappa shape index (κ3) is 2.18. The first-order valence-electron chi connectivity index (χ1n) is 7.69. The van der Waals surface area contributed by atoms with Gasteiger partial charge in [-0.1, -0.05) is 12.1 Å². The molecule has 0 aliphatic carbocycles. The zero-order valence-corrected chi connectivity index (χ0v) is 13.0. The lowest BCUT2D eigenvalue weighted by Crippen LogP contribution is -2.27. The van der Waals surface area contributed by atoms with Crippen molar-refractivity contribution in [2.45, 2.75) is 12.3 Å². The summed E-state index contributed by atoms with van der Waals surface area (Å²) < 4.78 is 4.88. The maximum absolute atomic E-state index is 9.84. The van der Waals surface area contributed by atoms with Gasteiger partial charge >= 0.3 is 0 Å². The molecule has 1 aromatic carbocycles. The van der Waals surface area contributed by atoms with Crippen LogP contribution in [0.4, 0.5) is 5.82 Å². The molecule has 120 valence electrons. The molecule has 2 aromatic heterocycles. The quantitative estimate of drug-likeness (QED) is 0.758. The molecule has 2 unspecified atom stereocenters. The summed E-state index contributed by atoms with van der Waals surface area (Å²) in [6.07, 6.45) is 2.42. The number of hydrogen-bond donors (Lipinski definition) is 2. The van der Waals surface area contributed by atoms with Crippen LogP contribution in [0.3, 0.4) is 0 Å². The van der Waals surface area contributed by atoms with Gasteiger partial charge in [-0.15, -0.1) is 0 Å². The van der Waals surface area contributed by atoms with E-state index in [1.54, 1.807) is 6.20 Å². The topological polar surface area (TPSA) is 116 Å². The van der Waals surface area contributed by atoms with Gasteiger partial charge in [-0.3, -0.25) is 5.10 Å². The van der Waals surface area contributed by atoms with Gasteiger partial charge in [0.1, 0.15) is 11.0 Å². The second-order valence-corrected chi connectivity index (χ2v) is 5.69. The predicted molar refractivity (Wildman–Crippen MR) is 87.0 cm³/mol. The van der Waals surface area contributed by atoms with Gasteiger partial charge in [0.05, 0.1) is 18.2 Å². The molecule has 0 bridgehead atoms. The minimum absolute atomic E-state index is 0.205. The molecule has 0 spiro atoms. The normalized spacial score (nSPS) is 19.8. The zero-order chi connectivity index (χ0) is 16.5. The van der Waals surface area contributed by atoms with E-state index < -0.39 is 0 Å². The van der Waals surface area contributed by atoms with Crippen molar-refractivity contribution in [3.8, 4) is 6.07 Å². The van der Waals surface area contributed by atoms with Gasteiger partial charge in [-0.25, -0.2) is 9.62 Å². The third-order valence-corrected chi connectivity index (χ3v) is 4.35. The summed E-state index contributed by atoms with van der Waals surface area (Å²) in [6, 6.07) is 8.11. The molecule has 2 N–H and O–H groups in total. The maximum Gasteiger partial charge on any atom is 0.151 e. The van der Waals surface area contributed by atoms with Crippen molar-refractivity contribution in [2.75, 3.05) is 13.6 Å². The predicted octanol–water partition coefficient (Wildman–Crippen LogP) is 1.91. The van der Waals surface area contributed by atoms with Gasteiger partial charge < -0.3 is 5.32 Å². The first-order valence-corrected chi connectivity index (χ1v) is 7.69. The molecule has 0 amide bonds. The van der Waals surface area contributed by atoms with Crippen molar-refractivity contribution in [1.82, 2.24) is 25.8 Å². The van der Waals surface area contributed by atoms with E-state index in [1.807, 2.05) is 25.2 Å². The van der Waals surface area contributed by atoms with E-state index in [4.69, 9.17) is 4.63 Å². The van der Waals surface area contributed by atoms with Crippen molar-refractivity contribution < 1.29 is 4.63 Å². The van der Waals surface area contributed by atoms with Crippen LogP contribution >= 0.6 is 0 Å². The number of nitriles is 1. The van der Waals surface area contributed by atoms with Crippen LogP contribution in [-0.4, -0.2) is 39.8 Å². The van der Waals surface area contributed by atoms with Crippen molar-refractivity contribution in [3.63, 3.8) is 0 Å². The first kappa shape index (κ1) is 14.5. The lowest BCUT2D eigenvalue weighted by atomic mass is 9.77. The number of benzene rings is 1. The minimum Gasteiger partial charge on any atom is -0.319 e. The van der Waals surface area contributed by atoms with Crippen LogP contribution < -0.4 is 5.32 Å². The average Bonchev–Trinajstić information content (AvgIpc) is 3.26. The summed E-state index contributed by atoms with van der Waals surface area (Å²) in [6.45, 7) is 0.753. The average molecular weight is 321 g/mol. The van der Waals surface area contributed by atoms with E-state index in [-0.39, 0.29) is 11.8 Å². The van der Waals surface area contributed by atoms with E-state index in [0.29, 0.717) is 23.3 Å². The monoisotopic (exact) mass is 321 g/mol. The highest BCUT2D eigenvalue weighted by molar-refractivity contribution is 5.95. The van der Waals surface area contributed by atoms with Crippen LogP contribution in [0.25, 0.3) is 11.0 Å². The van der Waals surface area contributed by atoms with Crippen molar-refractivity contribution in [1.29, 1.82) is 5.26 Å². The Balaban J connectivity index is 1.89. The van der Waals surface area contributed by atoms with Crippen LogP contribution in [0.15, 0.2) is 34.0 Å². The Kier molecular flexibility index (Phi) is 3.55. The molecule has 8 heteroatoms. The molecule has 0 fully saturated rings. The van der Waals surface area contributed by atoms with Gasteiger partial charge in [-0.2, -0.15) is 10.4 Å². The van der Waals surface area contributed by atoms with Gasteiger partial charge in [0, 0.05) is 23.7 Å². The molecule has 1 aliphatic rings. The summed E-state index contributed by atoms with van der Waals surface area (Å²) >= 11 is 0. The molecule has 0 radical (unpaired) electrons. The van der Waals surface area contributed by atoms with Crippen LogP contribution in [0.2, 0.25) is 0 Å². The van der Waals surface area contributed by atoms with Gasteiger partial charge in [-0.05, 0) is 35.4 Å². The number of aromatic amines is 1. The Labute approximate surface area is 137 Å². The molecule has 4 rings (SSSR count). The summed E-state index contributed by atoms with van der Waals surface area (Å²) in [5, 5.41) is 27.9. The molecule has 0 saturated heterocycles. The van der Waals surface area contributed by atoms with E-state index in [0.717, 1.165) is 23.4 Å². The maximum atomic E-state index is 9.84. The summed E-state index contributed by atoms with van der Waals surface area (Å²) in [4.78, 5) is 4.62. The van der Waals surface area contributed by atoms with Crippen molar-refractivity contribution in [3.05, 3.63) is 35.5 Å². The Morgan fingerprint density at radius 2 is 2.25 bits per heavy atom. The fraction of sp³-hybridized carbons (Fsp3) is 0.312. The van der Waals surface area contributed by atoms with Crippen molar-refractivity contribution in [2.24, 2.45) is 10.9 Å². The van der Waals surface area contributed by atoms with Gasteiger partial charge in [0.15, 0.2) is 5.82 Å². The second-order valence-electron chi connectivity index (χ2n) is 5.69. The third-order valence-electron chi connectivity index (χ3n) is 4.35. The first-order chi connectivity index (χ1) is 11.8. The number of aromatic nitrogens is 4. The zero-order valence-electron chi connectivity index (χ0n) is 13.0. The Morgan fingerprint density at radius 1 is 1.33 bits per heavy atom. The summed E-state index contributed by atoms with van der Waals surface area (Å²) in [5.41, 5.74) is 3.98. The smallest absolute Gasteiger partial charge is 0.151 e. The number of nitrogens with one attached hydrogen (secondary N) is 2. The Hall–Kier alpha value is -3.05. The number of fused-ring (bicyclic) bond motifs is 2. The molecule has 0 saturated carbocycles. The summed E-state index contributed by atoms with van der Waals surface area (Å²) in [5.74, 6) is 0.112. The fourth-order valence-electron chi connectivity index (χ4n) is 3.23. The van der Waals surface area contributed by atoms with Crippen LogP contribution in [0.5, 0.6) is 0 Å². The highest BCUT2D eigenvalue weighted by atomic mass is 16.6. The molecule has 24 heavy (non-hydrogen) atoms. The molecule has 3 aromatic rings. The van der Waals surface area contributed by atoms with Crippen LogP contribution in [0.1, 0.15) is 23.5 Å². The van der Waals surface area contributed by atoms with E-state index >= 15 is 0 Å².